The predicted molar refractivity (Wildman–Crippen MR) is 83.5 cm³/mol. The van der Waals surface area contributed by atoms with Crippen LogP contribution in [0.25, 0.3) is 0 Å². The maximum atomic E-state index is 5.96. The lowest BCUT2D eigenvalue weighted by Gasteiger charge is -2.14. The van der Waals surface area contributed by atoms with Gasteiger partial charge in [-0.1, -0.05) is 18.2 Å². The minimum atomic E-state index is 0.530. The Balaban J connectivity index is 2.19. The summed E-state index contributed by atoms with van der Waals surface area (Å²) in [6, 6.07) is 10.1. The normalized spacial score (nSPS) is 10.5. The molecule has 0 heterocycles. The first-order chi connectivity index (χ1) is 8.99. The Hall–Kier alpha value is -1.48. The topological polar surface area (TPSA) is 35.2 Å². The number of anilines is 1. The molecule has 0 aliphatic heterocycles. The molecule has 0 fully saturated rings. The van der Waals surface area contributed by atoms with Crippen molar-refractivity contribution in [2.45, 2.75) is 27.4 Å². The summed E-state index contributed by atoms with van der Waals surface area (Å²) in [6.07, 6.45) is 0. The van der Waals surface area contributed by atoms with Crippen molar-refractivity contribution in [1.82, 2.24) is 0 Å². The molecular formula is C16H18BrNO. The van der Waals surface area contributed by atoms with E-state index in [1.807, 2.05) is 18.2 Å². The number of ether oxygens (including phenoxy) is 1. The number of nitrogens with two attached hydrogens (primary N) is 1. The number of benzene rings is 2. The second-order valence-electron chi connectivity index (χ2n) is 4.80. The number of hydrogen-bond acceptors (Lipinski definition) is 2. The molecule has 0 amide bonds. The van der Waals surface area contributed by atoms with Gasteiger partial charge in [0.1, 0.15) is 12.4 Å². The van der Waals surface area contributed by atoms with Gasteiger partial charge in [0, 0.05) is 10.2 Å². The van der Waals surface area contributed by atoms with Gasteiger partial charge in [-0.25, -0.2) is 0 Å². The fraction of sp³-hybridized carbons (Fsp3) is 0.250. The zero-order chi connectivity index (χ0) is 14.0. The van der Waals surface area contributed by atoms with Crippen molar-refractivity contribution in [2.75, 3.05) is 5.73 Å². The monoisotopic (exact) mass is 319 g/mol. The molecule has 0 bridgehead atoms. The van der Waals surface area contributed by atoms with Gasteiger partial charge in [-0.15, -0.1) is 0 Å². The Kier molecular flexibility index (Phi) is 4.15. The number of halogens is 1. The van der Waals surface area contributed by atoms with Gasteiger partial charge >= 0.3 is 0 Å². The van der Waals surface area contributed by atoms with Crippen molar-refractivity contribution in [3.8, 4) is 5.75 Å². The zero-order valence-electron chi connectivity index (χ0n) is 11.5. The van der Waals surface area contributed by atoms with Crippen molar-refractivity contribution in [2.24, 2.45) is 0 Å². The van der Waals surface area contributed by atoms with Gasteiger partial charge < -0.3 is 10.5 Å². The molecule has 0 atom stereocenters. The van der Waals surface area contributed by atoms with Crippen LogP contribution in [0.5, 0.6) is 5.75 Å². The highest BCUT2D eigenvalue weighted by Crippen LogP contribution is 2.27. The van der Waals surface area contributed by atoms with E-state index in [0.717, 1.165) is 27.0 Å². The molecule has 2 rings (SSSR count). The molecule has 2 N–H and O–H groups in total. The van der Waals surface area contributed by atoms with E-state index in [4.69, 9.17) is 10.5 Å². The number of nitrogen functional groups attached to an aromatic ring is 1. The Bertz CT molecular complexity index is 608. The highest BCUT2D eigenvalue weighted by atomic mass is 79.9. The molecule has 2 nitrogen and oxygen atoms in total. The first kappa shape index (κ1) is 13.9. The Morgan fingerprint density at radius 2 is 1.74 bits per heavy atom. The lowest BCUT2D eigenvalue weighted by molar-refractivity contribution is 0.302. The summed E-state index contributed by atoms with van der Waals surface area (Å²) < 4.78 is 6.87. The van der Waals surface area contributed by atoms with Crippen LogP contribution in [0.2, 0.25) is 0 Å². The van der Waals surface area contributed by atoms with E-state index in [1.54, 1.807) is 0 Å². The molecule has 2 aromatic carbocycles. The van der Waals surface area contributed by atoms with Crippen LogP contribution in [0.15, 0.2) is 34.8 Å². The molecule has 0 saturated carbocycles. The number of rotatable bonds is 3. The van der Waals surface area contributed by atoms with Gasteiger partial charge in [-0.3, -0.25) is 0 Å². The molecule has 0 radical (unpaired) electrons. The van der Waals surface area contributed by atoms with Gasteiger partial charge in [0.2, 0.25) is 0 Å². The molecule has 0 aliphatic rings. The van der Waals surface area contributed by atoms with Crippen LogP contribution in [0.3, 0.4) is 0 Å². The third-order valence-corrected chi connectivity index (χ3v) is 4.04. The molecule has 0 aromatic heterocycles. The Morgan fingerprint density at radius 1 is 1.05 bits per heavy atom. The van der Waals surface area contributed by atoms with Crippen molar-refractivity contribution >= 4 is 21.6 Å². The molecule has 0 saturated heterocycles. The number of hydrogen-bond donors (Lipinski definition) is 1. The van der Waals surface area contributed by atoms with Crippen LogP contribution in [0, 0.1) is 20.8 Å². The summed E-state index contributed by atoms with van der Waals surface area (Å²) in [5, 5.41) is 0. The molecule has 0 aliphatic carbocycles. The molecule has 0 unspecified atom stereocenters. The van der Waals surface area contributed by atoms with Crippen LogP contribution >= 0.6 is 15.9 Å². The molecule has 2 aromatic rings. The van der Waals surface area contributed by atoms with E-state index in [0.29, 0.717) is 6.61 Å². The zero-order valence-corrected chi connectivity index (χ0v) is 13.0. The van der Waals surface area contributed by atoms with Crippen molar-refractivity contribution in [3.63, 3.8) is 0 Å². The first-order valence-electron chi connectivity index (χ1n) is 6.22. The summed E-state index contributed by atoms with van der Waals surface area (Å²) in [5.74, 6) is 0.974. The predicted octanol–water partition coefficient (Wildman–Crippen LogP) is 4.54. The van der Waals surface area contributed by atoms with Crippen molar-refractivity contribution < 1.29 is 4.74 Å². The molecular weight excluding hydrogens is 302 g/mol. The SMILES string of the molecule is Cc1ccc(C)c(OCc2ccc(Br)c(N)c2)c1C. The standard InChI is InChI=1S/C16H18BrNO/c1-10-4-5-11(2)16(12(10)3)19-9-13-6-7-14(17)15(18)8-13/h4-8H,9,18H2,1-3H3. The van der Waals surface area contributed by atoms with Gasteiger partial charge in [-0.05, 0) is 71.1 Å². The fourth-order valence-electron chi connectivity index (χ4n) is 1.99. The van der Waals surface area contributed by atoms with E-state index in [9.17, 15) is 0 Å². The molecule has 100 valence electrons. The van der Waals surface area contributed by atoms with Crippen LogP contribution in [0.4, 0.5) is 5.69 Å². The van der Waals surface area contributed by atoms with Gasteiger partial charge in [0.15, 0.2) is 0 Å². The van der Waals surface area contributed by atoms with Crippen molar-refractivity contribution in [3.05, 3.63) is 57.1 Å². The van der Waals surface area contributed by atoms with E-state index in [1.165, 1.54) is 11.1 Å². The Morgan fingerprint density at radius 3 is 2.42 bits per heavy atom. The first-order valence-corrected chi connectivity index (χ1v) is 7.02. The third kappa shape index (κ3) is 3.10. The van der Waals surface area contributed by atoms with Crippen molar-refractivity contribution in [1.29, 1.82) is 0 Å². The van der Waals surface area contributed by atoms with E-state index >= 15 is 0 Å². The number of aryl methyl sites for hydroxylation is 2. The average molecular weight is 320 g/mol. The van der Waals surface area contributed by atoms with Crippen LogP contribution in [-0.4, -0.2) is 0 Å². The van der Waals surface area contributed by atoms with Crippen LogP contribution in [-0.2, 0) is 6.61 Å². The highest BCUT2D eigenvalue weighted by Gasteiger charge is 2.07. The smallest absolute Gasteiger partial charge is 0.125 e. The highest BCUT2D eigenvalue weighted by molar-refractivity contribution is 9.10. The maximum Gasteiger partial charge on any atom is 0.125 e. The summed E-state index contributed by atoms with van der Waals surface area (Å²) in [5.41, 5.74) is 11.3. The Labute approximate surface area is 122 Å². The fourth-order valence-corrected chi connectivity index (χ4v) is 2.23. The lowest BCUT2D eigenvalue weighted by atomic mass is 10.1. The minimum Gasteiger partial charge on any atom is -0.488 e. The summed E-state index contributed by atoms with van der Waals surface area (Å²) in [7, 11) is 0. The lowest BCUT2D eigenvalue weighted by Crippen LogP contribution is -2.01. The van der Waals surface area contributed by atoms with Gasteiger partial charge in [0.25, 0.3) is 0 Å². The average Bonchev–Trinajstić information content (AvgIpc) is 2.38. The summed E-state index contributed by atoms with van der Waals surface area (Å²) in [4.78, 5) is 0. The summed E-state index contributed by atoms with van der Waals surface area (Å²) in [6.45, 7) is 6.78. The molecule has 19 heavy (non-hydrogen) atoms. The van der Waals surface area contributed by atoms with E-state index in [2.05, 4.69) is 48.8 Å². The van der Waals surface area contributed by atoms with E-state index < -0.39 is 0 Å². The quantitative estimate of drug-likeness (QED) is 0.843. The van der Waals surface area contributed by atoms with Gasteiger partial charge in [-0.2, -0.15) is 0 Å². The molecule has 0 spiro atoms. The van der Waals surface area contributed by atoms with Gasteiger partial charge in [0.05, 0.1) is 0 Å². The second-order valence-corrected chi connectivity index (χ2v) is 5.65. The van der Waals surface area contributed by atoms with E-state index in [-0.39, 0.29) is 0 Å². The second kappa shape index (κ2) is 5.66. The largest absolute Gasteiger partial charge is 0.488 e. The van der Waals surface area contributed by atoms with Crippen LogP contribution in [0.1, 0.15) is 22.3 Å². The van der Waals surface area contributed by atoms with Crippen LogP contribution < -0.4 is 10.5 Å². The molecule has 3 heteroatoms. The maximum absolute atomic E-state index is 5.96. The third-order valence-electron chi connectivity index (χ3n) is 3.32. The minimum absolute atomic E-state index is 0.530. The summed E-state index contributed by atoms with van der Waals surface area (Å²) >= 11 is 3.39.